The summed E-state index contributed by atoms with van der Waals surface area (Å²) in [5.74, 6) is 2.91. The average molecular weight is 478 g/mol. The Morgan fingerprint density at radius 1 is 1.31 bits per heavy atom. The lowest BCUT2D eigenvalue weighted by Gasteiger charge is -2.17. The van der Waals surface area contributed by atoms with Gasteiger partial charge in [0.05, 0.1) is 22.4 Å². The van der Waals surface area contributed by atoms with E-state index >= 15 is 0 Å². The van der Waals surface area contributed by atoms with Crippen molar-refractivity contribution >= 4 is 23.3 Å². The number of anilines is 1. The molecule has 2 saturated carbocycles. The van der Waals surface area contributed by atoms with Gasteiger partial charge < -0.3 is 26.4 Å². The molecule has 1 aromatic heterocycles. The quantitative estimate of drug-likeness (QED) is 0.173. The third-order valence-electron chi connectivity index (χ3n) is 7.11. The first-order valence-corrected chi connectivity index (χ1v) is 11.2. The number of nitrogens with zero attached hydrogens (tertiary/aromatic N) is 2. The first kappa shape index (κ1) is 22.6. The Morgan fingerprint density at radius 3 is 2.71 bits per heavy atom. The number of hydrazine groups is 1. The van der Waals surface area contributed by atoms with Crippen molar-refractivity contribution in [2.24, 2.45) is 17.5 Å². The van der Waals surface area contributed by atoms with Crippen LogP contribution < -0.4 is 27.6 Å². The number of aromatic nitrogens is 1. The predicted octanol–water partition coefficient (Wildman–Crippen LogP) is 1.27. The second-order valence-electron chi connectivity index (χ2n) is 9.32. The number of rotatable bonds is 7. The number of nitrogens with one attached hydrogen (secondary N) is 3. The highest BCUT2D eigenvalue weighted by atomic mass is 19.1. The summed E-state index contributed by atoms with van der Waals surface area (Å²) in [6.45, 7) is 1.64. The fourth-order valence-electron chi connectivity index (χ4n) is 5.04. The van der Waals surface area contributed by atoms with Gasteiger partial charge in [-0.15, -0.1) is 0 Å². The van der Waals surface area contributed by atoms with Gasteiger partial charge in [-0.2, -0.15) is 5.26 Å². The van der Waals surface area contributed by atoms with Crippen molar-refractivity contribution in [1.29, 1.82) is 5.26 Å². The van der Waals surface area contributed by atoms with Gasteiger partial charge in [-0.3, -0.25) is 20.2 Å². The lowest BCUT2D eigenvalue weighted by molar-refractivity contribution is -0.117. The summed E-state index contributed by atoms with van der Waals surface area (Å²) in [4.78, 5) is 39.6. The maximum atomic E-state index is 13.7. The van der Waals surface area contributed by atoms with Gasteiger partial charge in [0.1, 0.15) is 17.6 Å². The number of hydrogen-bond donors (Lipinski definition) is 5. The standard InChI is InChI=1S/C24H24FN7O3/c1-11-19(21(33)23(35)31-24(4-5-24)18(27)10-29-28)17-8-12-7-16(12)32(17)20(11)22(34)30-14-2-3-15(25)13(6-14)9-26/h2-3,6,10,12,16,29H,4-5,7-8,27-28H2,1H3,(H,30,34)(H,31,35)/b18-10-. The van der Waals surface area contributed by atoms with Crippen molar-refractivity contribution in [3.63, 3.8) is 0 Å². The van der Waals surface area contributed by atoms with E-state index in [1.165, 1.54) is 18.3 Å². The maximum Gasteiger partial charge on any atom is 0.293 e. The van der Waals surface area contributed by atoms with Crippen LogP contribution >= 0.6 is 0 Å². The third kappa shape index (κ3) is 3.63. The van der Waals surface area contributed by atoms with Crippen LogP contribution in [0.25, 0.3) is 0 Å². The molecule has 0 saturated heterocycles. The van der Waals surface area contributed by atoms with Crippen LogP contribution in [0.2, 0.25) is 0 Å². The summed E-state index contributed by atoms with van der Waals surface area (Å²) in [7, 11) is 0. The molecule has 1 aliphatic heterocycles. The Hall–Kier alpha value is -4.17. The van der Waals surface area contributed by atoms with Crippen molar-refractivity contribution < 1.29 is 18.8 Å². The molecule has 2 amide bonds. The maximum absolute atomic E-state index is 13.7. The first-order valence-electron chi connectivity index (χ1n) is 11.2. The molecule has 2 unspecified atom stereocenters. The monoisotopic (exact) mass is 477 g/mol. The molecule has 10 nitrogen and oxygen atoms in total. The largest absolute Gasteiger partial charge is 0.399 e. The molecule has 0 radical (unpaired) electrons. The molecule has 7 N–H and O–H groups in total. The van der Waals surface area contributed by atoms with Gasteiger partial charge in [0.15, 0.2) is 0 Å². The summed E-state index contributed by atoms with van der Waals surface area (Å²) in [6.07, 6.45) is 4.05. The summed E-state index contributed by atoms with van der Waals surface area (Å²) >= 11 is 0. The predicted molar refractivity (Wildman–Crippen MR) is 123 cm³/mol. The van der Waals surface area contributed by atoms with E-state index < -0.39 is 29.0 Å². The molecule has 0 spiro atoms. The zero-order chi connectivity index (χ0) is 25.1. The van der Waals surface area contributed by atoms with Gasteiger partial charge in [-0.25, -0.2) is 4.39 Å². The van der Waals surface area contributed by atoms with Crippen LogP contribution in [0, 0.1) is 30.0 Å². The molecular weight excluding hydrogens is 453 g/mol. The zero-order valence-electron chi connectivity index (χ0n) is 18.9. The molecule has 0 bridgehead atoms. The molecule has 2 aromatic rings. The molecule has 35 heavy (non-hydrogen) atoms. The molecule has 5 rings (SSSR count). The van der Waals surface area contributed by atoms with Crippen molar-refractivity contribution in [3.8, 4) is 6.07 Å². The highest BCUT2D eigenvalue weighted by Crippen LogP contribution is 2.54. The van der Waals surface area contributed by atoms with Crippen LogP contribution in [0.4, 0.5) is 10.1 Å². The number of nitriles is 1. The number of nitrogens with two attached hydrogens (primary N) is 2. The fraction of sp³-hybridized carbons (Fsp3) is 0.333. The Balaban J connectivity index is 1.45. The van der Waals surface area contributed by atoms with E-state index in [1.54, 1.807) is 13.0 Å². The van der Waals surface area contributed by atoms with Gasteiger partial charge in [-0.1, -0.05) is 0 Å². The van der Waals surface area contributed by atoms with E-state index in [1.807, 2.05) is 4.57 Å². The number of carbonyl (C=O) groups excluding carboxylic acids is 3. The Labute approximate surface area is 200 Å². The van der Waals surface area contributed by atoms with E-state index in [2.05, 4.69) is 16.1 Å². The third-order valence-corrected chi connectivity index (χ3v) is 7.11. The van der Waals surface area contributed by atoms with Crippen molar-refractivity contribution in [3.05, 3.63) is 64.0 Å². The molecule has 1 aromatic carbocycles. The number of fused-ring (bicyclic) bond motifs is 3. The number of benzene rings is 1. The molecule has 2 heterocycles. The van der Waals surface area contributed by atoms with E-state index in [9.17, 15) is 18.8 Å². The number of hydrogen-bond acceptors (Lipinski definition) is 7. The lowest BCUT2D eigenvalue weighted by atomic mass is 10.0. The van der Waals surface area contributed by atoms with E-state index in [-0.39, 0.29) is 28.6 Å². The number of ketones is 1. The Morgan fingerprint density at radius 2 is 2.06 bits per heavy atom. The van der Waals surface area contributed by atoms with Gasteiger partial charge in [0.25, 0.3) is 17.6 Å². The van der Waals surface area contributed by atoms with Gasteiger partial charge in [0.2, 0.25) is 0 Å². The smallest absolute Gasteiger partial charge is 0.293 e. The number of halogens is 1. The van der Waals surface area contributed by atoms with Crippen molar-refractivity contribution in [2.75, 3.05) is 5.32 Å². The average Bonchev–Trinajstić information content (AvgIpc) is 3.72. The van der Waals surface area contributed by atoms with E-state index in [0.717, 1.165) is 12.5 Å². The van der Waals surface area contributed by atoms with E-state index in [4.69, 9.17) is 16.8 Å². The number of carbonyl (C=O) groups is 3. The van der Waals surface area contributed by atoms with Gasteiger partial charge in [-0.05, 0) is 62.3 Å². The Kier molecular flexibility index (Phi) is 5.14. The molecule has 3 aliphatic rings. The van der Waals surface area contributed by atoms with E-state index in [0.29, 0.717) is 42.1 Å². The zero-order valence-corrected chi connectivity index (χ0v) is 18.9. The minimum Gasteiger partial charge on any atom is -0.399 e. The topological polar surface area (TPSA) is 168 Å². The highest BCUT2D eigenvalue weighted by molar-refractivity contribution is 6.44. The second-order valence-corrected chi connectivity index (χ2v) is 9.32. The molecule has 2 atom stereocenters. The number of Topliss-reactive ketones (excluding diaryl/α,β-unsaturated/α-hetero) is 1. The number of amides is 2. The summed E-state index contributed by atoms with van der Waals surface area (Å²) in [6, 6.07) is 5.56. The molecule has 180 valence electrons. The lowest BCUT2D eigenvalue weighted by Crippen LogP contribution is -2.45. The molecular formula is C24H24FN7O3. The van der Waals surface area contributed by atoms with Crippen LogP contribution in [0.5, 0.6) is 0 Å². The van der Waals surface area contributed by atoms with Crippen LogP contribution in [0.3, 0.4) is 0 Å². The van der Waals surface area contributed by atoms with Crippen LogP contribution in [0.1, 0.15) is 63.0 Å². The van der Waals surface area contributed by atoms with Gasteiger partial charge >= 0.3 is 0 Å². The summed E-state index contributed by atoms with van der Waals surface area (Å²) < 4.78 is 15.5. The van der Waals surface area contributed by atoms with Crippen LogP contribution in [0.15, 0.2) is 30.1 Å². The summed E-state index contributed by atoms with van der Waals surface area (Å²) in [5, 5.41) is 14.5. The summed E-state index contributed by atoms with van der Waals surface area (Å²) in [5.41, 5.74) is 9.51. The SMILES string of the molecule is Cc1c(C(=O)C(=O)NC2(/C(N)=C/NN)CC2)c2n(c1C(=O)Nc1ccc(F)c(C#N)c1)C1CC1C2. The Bertz CT molecular complexity index is 1370. The second kappa shape index (κ2) is 7.95. The molecule has 2 fully saturated rings. The normalized spacial score (nSPS) is 20.8. The van der Waals surface area contributed by atoms with Crippen molar-refractivity contribution in [2.45, 2.75) is 44.2 Å². The first-order chi connectivity index (χ1) is 16.7. The van der Waals surface area contributed by atoms with Gasteiger partial charge in [0, 0.05) is 23.6 Å². The fourth-order valence-corrected chi connectivity index (χ4v) is 5.04. The highest BCUT2D eigenvalue weighted by Gasteiger charge is 2.51. The minimum atomic E-state index is -0.806. The van der Waals surface area contributed by atoms with Crippen LogP contribution in [-0.4, -0.2) is 27.7 Å². The molecule has 2 aliphatic carbocycles. The molecule has 11 heteroatoms. The minimum absolute atomic E-state index is 0.0981. The van der Waals surface area contributed by atoms with Crippen LogP contribution in [-0.2, 0) is 11.2 Å². The van der Waals surface area contributed by atoms with Crippen molar-refractivity contribution in [1.82, 2.24) is 15.3 Å².